The van der Waals surface area contributed by atoms with E-state index in [0.29, 0.717) is 11.8 Å². The van der Waals surface area contributed by atoms with Crippen molar-refractivity contribution in [2.24, 2.45) is 0 Å². The van der Waals surface area contributed by atoms with E-state index in [4.69, 9.17) is 14.7 Å². The molecule has 104 valence electrons. The van der Waals surface area contributed by atoms with Crippen molar-refractivity contribution < 1.29 is 4.74 Å². The van der Waals surface area contributed by atoms with Gasteiger partial charge in [-0.1, -0.05) is 6.42 Å². The van der Waals surface area contributed by atoms with Crippen LogP contribution in [0.3, 0.4) is 0 Å². The molecule has 3 rings (SSSR count). The predicted octanol–water partition coefficient (Wildman–Crippen LogP) is 2.53. The van der Waals surface area contributed by atoms with Crippen molar-refractivity contribution in [2.45, 2.75) is 50.9 Å². The van der Waals surface area contributed by atoms with E-state index in [1.54, 1.807) is 7.11 Å². The fraction of sp³-hybridized carbons (Fsp3) is 0.733. The molecule has 2 fully saturated rings. The van der Waals surface area contributed by atoms with Crippen molar-refractivity contribution in [3.8, 4) is 5.88 Å². The number of ether oxygens (including phenoxy) is 1. The smallest absolute Gasteiger partial charge is 0.220 e. The van der Waals surface area contributed by atoms with Crippen LogP contribution >= 0.6 is 0 Å². The average Bonchev–Trinajstić information content (AvgIpc) is 2.37. The monoisotopic (exact) mass is 261 g/mol. The van der Waals surface area contributed by atoms with Gasteiger partial charge in [-0.2, -0.15) is 4.98 Å². The summed E-state index contributed by atoms with van der Waals surface area (Å²) in [6, 6.07) is 0. The molecule has 0 aromatic carbocycles. The third kappa shape index (κ3) is 2.46. The number of hydrogen-bond donors (Lipinski definition) is 1. The zero-order valence-corrected chi connectivity index (χ0v) is 11.9. The zero-order valence-electron chi connectivity index (χ0n) is 11.9. The molecular formula is C15H23N3O. The lowest BCUT2D eigenvalue weighted by molar-refractivity contribution is 0.356. The molecule has 0 atom stereocenters. The fourth-order valence-corrected chi connectivity index (χ4v) is 3.16. The Hall–Kier alpha value is -1.16. The molecule has 0 radical (unpaired) electrons. The van der Waals surface area contributed by atoms with Crippen LogP contribution in [0.4, 0.5) is 0 Å². The average molecular weight is 261 g/mol. The molecule has 0 amide bonds. The van der Waals surface area contributed by atoms with Gasteiger partial charge in [-0.3, -0.25) is 0 Å². The quantitative estimate of drug-likeness (QED) is 0.908. The van der Waals surface area contributed by atoms with Crippen LogP contribution < -0.4 is 10.1 Å². The summed E-state index contributed by atoms with van der Waals surface area (Å²) >= 11 is 0. The highest BCUT2D eigenvalue weighted by Gasteiger charge is 2.27. The Morgan fingerprint density at radius 2 is 1.79 bits per heavy atom. The lowest BCUT2D eigenvalue weighted by atomic mass is 9.84. The van der Waals surface area contributed by atoms with Gasteiger partial charge in [0.25, 0.3) is 0 Å². The number of aromatic nitrogens is 2. The highest BCUT2D eigenvalue weighted by molar-refractivity contribution is 5.35. The van der Waals surface area contributed by atoms with Gasteiger partial charge >= 0.3 is 0 Å². The van der Waals surface area contributed by atoms with Crippen molar-refractivity contribution in [1.82, 2.24) is 15.3 Å². The summed E-state index contributed by atoms with van der Waals surface area (Å²) in [4.78, 5) is 9.46. The highest BCUT2D eigenvalue weighted by Crippen LogP contribution is 2.38. The molecule has 1 aromatic rings. The van der Waals surface area contributed by atoms with Gasteiger partial charge in [0, 0.05) is 17.2 Å². The summed E-state index contributed by atoms with van der Waals surface area (Å²) in [7, 11) is 1.73. The Labute approximate surface area is 115 Å². The number of piperidine rings is 1. The first-order valence-electron chi connectivity index (χ1n) is 7.42. The van der Waals surface area contributed by atoms with Crippen molar-refractivity contribution in [1.29, 1.82) is 0 Å². The van der Waals surface area contributed by atoms with E-state index in [1.165, 1.54) is 24.8 Å². The van der Waals surface area contributed by atoms with E-state index >= 15 is 0 Å². The summed E-state index contributed by atoms with van der Waals surface area (Å²) in [5.41, 5.74) is 2.37. The second kappa shape index (κ2) is 5.45. The first kappa shape index (κ1) is 12.9. The Kier molecular flexibility index (Phi) is 3.69. The van der Waals surface area contributed by atoms with Gasteiger partial charge in [0.1, 0.15) is 5.82 Å². The van der Waals surface area contributed by atoms with Crippen LogP contribution in [0.25, 0.3) is 0 Å². The van der Waals surface area contributed by atoms with Crippen molar-refractivity contribution >= 4 is 0 Å². The molecule has 19 heavy (non-hydrogen) atoms. The van der Waals surface area contributed by atoms with E-state index in [2.05, 4.69) is 12.2 Å². The van der Waals surface area contributed by atoms with Gasteiger partial charge in [-0.15, -0.1) is 0 Å². The molecule has 1 aliphatic heterocycles. The van der Waals surface area contributed by atoms with Gasteiger partial charge < -0.3 is 10.1 Å². The highest BCUT2D eigenvalue weighted by atomic mass is 16.5. The standard InChI is InChI=1S/C15H23N3O/c1-10-13(11-6-8-16-9-7-11)15(19-2)18-14(17-10)12-4-3-5-12/h11-12,16H,3-9H2,1-2H3. The maximum Gasteiger partial charge on any atom is 0.220 e. The molecule has 1 saturated carbocycles. The minimum absolute atomic E-state index is 0.548. The van der Waals surface area contributed by atoms with Crippen molar-refractivity contribution in [3.05, 3.63) is 17.1 Å². The first-order valence-corrected chi connectivity index (χ1v) is 7.42. The molecule has 1 N–H and O–H groups in total. The maximum absolute atomic E-state index is 5.57. The molecule has 0 bridgehead atoms. The largest absolute Gasteiger partial charge is 0.481 e. The third-order valence-corrected chi connectivity index (χ3v) is 4.53. The summed E-state index contributed by atoms with van der Waals surface area (Å²) in [6.07, 6.45) is 6.09. The molecule has 2 heterocycles. The molecule has 0 spiro atoms. The van der Waals surface area contributed by atoms with E-state index in [1.807, 2.05) is 0 Å². The number of aryl methyl sites for hydroxylation is 1. The third-order valence-electron chi connectivity index (χ3n) is 4.53. The Morgan fingerprint density at radius 1 is 1.05 bits per heavy atom. The molecular weight excluding hydrogens is 238 g/mol. The van der Waals surface area contributed by atoms with Crippen LogP contribution in [-0.2, 0) is 0 Å². The van der Waals surface area contributed by atoms with E-state index < -0.39 is 0 Å². The van der Waals surface area contributed by atoms with Crippen molar-refractivity contribution in [3.63, 3.8) is 0 Å². The molecule has 0 unspecified atom stereocenters. The molecule has 1 saturated heterocycles. The van der Waals surface area contributed by atoms with E-state index in [9.17, 15) is 0 Å². The molecule has 2 aliphatic rings. The molecule has 4 nitrogen and oxygen atoms in total. The van der Waals surface area contributed by atoms with Crippen LogP contribution in [0, 0.1) is 6.92 Å². The molecule has 1 aromatic heterocycles. The van der Waals surface area contributed by atoms with Gasteiger partial charge in [0.2, 0.25) is 5.88 Å². The molecule has 4 heteroatoms. The number of nitrogens with one attached hydrogen (secondary N) is 1. The zero-order chi connectivity index (χ0) is 13.2. The normalized spacial score (nSPS) is 21.2. The first-order chi connectivity index (χ1) is 9.29. The predicted molar refractivity (Wildman–Crippen MR) is 74.8 cm³/mol. The lowest BCUT2D eigenvalue weighted by Crippen LogP contribution is -2.28. The minimum atomic E-state index is 0.548. The number of rotatable bonds is 3. The van der Waals surface area contributed by atoms with Gasteiger partial charge in [-0.05, 0) is 51.6 Å². The Morgan fingerprint density at radius 3 is 2.37 bits per heavy atom. The van der Waals surface area contributed by atoms with Crippen LogP contribution in [0.1, 0.15) is 61.0 Å². The Balaban J connectivity index is 1.93. The summed E-state index contributed by atoms with van der Waals surface area (Å²) in [6.45, 7) is 4.28. The second-order valence-electron chi connectivity index (χ2n) is 5.74. The lowest BCUT2D eigenvalue weighted by Gasteiger charge is -2.28. The Bertz CT molecular complexity index is 451. The summed E-state index contributed by atoms with van der Waals surface area (Å²) in [5, 5.41) is 3.41. The topological polar surface area (TPSA) is 47.0 Å². The molecule has 1 aliphatic carbocycles. The summed E-state index contributed by atoms with van der Waals surface area (Å²) in [5.74, 6) is 2.93. The number of hydrogen-bond acceptors (Lipinski definition) is 4. The van der Waals surface area contributed by atoms with E-state index in [0.717, 1.165) is 43.3 Å². The minimum Gasteiger partial charge on any atom is -0.481 e. The van der Waals surface area contributed by atoms with Gasteiger partial charge in [-0.25, -0.2) is 4.98 Å². The maximum atomic E-state index is 5.57. The summed E-state index contributed by atoms with van der Waals surface area (Å²) < 4.78 is 5.57. The van der Waals surface area contributed by atoms with Gasteiger partial charge in [0.15, 0.2) is 0 Å². The fourth-order valence-electron chi connectivity index (χ4n) is 3.16. The SMILES string of the molecule is COc1nc(C2CCC2)nc(C)c1C1CCNCC1. The van der Waals surface area contributed by atoms with E-state index in [-0.39, 0.29) is 0 Å². The van der Waals surface area contributed by atoms with Crippen LogP contribution in [0.5, 0.6) is 5.88 Å². The number of nitrogens with zero attached hydrogens (tertiary/aromatic N) is 2. The van der Waals surface area contributed by atoms with Crippen molar-refractivity contribution in [2.75, 3.05) is 20.2 Å². The van der Waals surface area contributed by atoms with Crippen LogP contribution in [-0.4, -0.2) is 30.2 Å². The van der Waals surface area contributed by atoms with Crippen LogP contribution in [0.15, 0.2) is 0 Å². The van der Waals surface area contributed by atoms with Gasteiger partial charge in [0.05, 0.1) is 7.11 Å². The van der Waals surface area contributed by atoms with Crippen LogP contribution in [0.2, 0.25) is 0 Å². The second-order valence-corrected chi connectivity index (χ2v) is 5.74. The number of methoxy groups -OCH3 is 1.